The van der Waals surface area contributed by atoms with E-state index in [1.54, 1.807) is 6.33 Å². The van der Waals surface area contributed by atoms with Gasteiger partial charge in [-0.05, 0) is 90.0 Å². The summed E-state index contributed by atoms with van der Waals surface area (Å²) >= 11 is 0. The first-order chi connectivity index (χ1) is 34.2. The molecule has 0 spiro atoms. The van der Waals surface area contributed by atoms with E-state index in [1.807, 2.05) is 48.7 Å². The van der Waals surface area contributed by atoms with E-state index in [1.165, 1.54) is 21.5 Å². The SMILES string of the molecule is c1ccc(-c2cc(-c3ccc(-n4c5ccccc5c5ccc(-c6ccc7c(c6)c6ccccc6n7-c6ccc7c(c6)c6ncncc6n7-c6ccccc6)cc54)cc3)nc(-c3ccccc3)n2)cc1. The van der Waals surface area contributed by atoms with Gasteiger partial charge in [-0.3, -0.25) is 0 Å². The van der Waals surface area contributed by atoms with Crippen molar-refractivity contribution >= 4 is 65.5 Å². The summed E-state index contributed by atoms with van der Waals surface area (Å²) in [6.45, 7) is 0. The number of rotatable bonds is 7. The molecule has 14 rings (SSSR count). The van der Waals surface area contributed by atoms with Crippen LogP contribution in [-0.2, 0) is 0 Å². The van der Waals surface area contributed by atoms with Crippen molar-refractivity contribution in [2.75, 3.05) is 0 Å². The van der Waals surface area contributed by atoms with Gasteiger partial charge >= 0.3 is 0 Å². The Morgan fingerprint density at radius 1 is 0.290 bits per heavy atom. The van der Waals surface area contributed by atoms with Crippen LogP contribution >= 0.6 is 0 Å². The van der Waals surface area contributed by atoms with Gasteiger partial charge in [0, 0.05) is 60.7 Å². The van der Waals surface area contributed by atoms with Gasteiger partial charge in [-0.1, -0.05) is 146 Å². The highest BCUT2D eigenvalue weighted by atomic mass is 15.0. The molecular weight excluding hydrogens is 843 g/mol. The lowest BCUT2D eigenvalue weighted by molar-refractivity contribution is 1.14. The lowest BCUT2D eigenvalue weighted by atomic mass is 10.0. The molecular formula is C62H39N7. The number of hydrogen-bond donors (Lipinski definition) is 0. The zero-order chi connectivity index (χ0) is 45.4. The molecule has 9 aromatic carbocycles. The van der Waals surface area contributed by atoms with Gasteiger partial charge in [-0.15, -0.1) is 0 Å². The molecule has 5 aromatic heterocycles. The molecule has 0 radical (unpaired) electrons. The van der Waals surface area contributed by atoms with Crippen LogP contribution in [0.15, 0.2) is 237 Å². The van der Waals surface area contributed by atoms with Gasteiger partial charge in [0.1, 0.15) is 6.33 Å². The van der Waals surface area contributed by atoms with E-state index >= 15 is 0 Å². The van der Waals surface area contributed by atoms with Gasteiger partial charge in [-0.2, -0.15) is 0 Å². The van der Waals surface area contributed by atoms with Crippen LogP contribution in [0.3, 0.4) is 0 Å². The van der Waals surface area contributed by atoms with Gasteiger partial charge in [0.15, 0.2) is 5.82 Å². The summed E-state index contributed by atoms with van der Waals surface area (Å²) in [4.78, 5) is 19.3. The molecule has 69 heavy (non-hydrogen) atoms. The van der Waals surface area contributed by atoms with E-state index in [0.29, 0.717) is 5.82 Å². The summed E-state index contributed by atoms with van der Waals surface area (Å²) in [5.74, 6) is 0.703. The predicted molar refractivity (Wildman–Crippen MR) is 282 cm³/mol. The molecule has 0 saturated heterocycles. The van der Waals surface area contributed by atoms with Gasteiger partial charge in [0.05, 0.1) is 56.2 Å². The standard InChI is InChI=1S/C62H39N7/c1-4-14-40(15-5-1)53-37-54(66-62(65-53)42-16-6-2-7-17-42)41-24-28-46(29-25-41)67-55-22-12-10-20-48(55)50-31-26-44(35-59(50)67)43-27-32-57-51(34-43)49-21-11-13-23-56(49)69(57)47-30-33-58-52(36-47)61-60(38-63-39-64-61)68(58)45-18-8-3-9-19-45/h1-39H. The molecule has 0 N–H and O–H groups in total. The first-order valence-corrected chi connectivity index (χ1v) is 23.2. The second-order valence-electron chi connectivity index (χ2n) is 17.5. The summed E-state index contributed by atoms with van der Waals surface area (Å²) in [6.07, 6.45) is 3.55. The second-order valence-corrected chi connectivity index (χ2v) is 17.5. The van der Waals surface area contributed by atoms with Crippen LogP contribution in [0.4, 0.5) is 0 Å². The fourth-order valence-electron chi connectivity index (χ4n) is 10.4. The normalized spacial score (nSPS) is 11.8. The molecule has 0 bridgehead atoms. The first-order valence-electron chi connectivity index (χ1n) is 23.2. The summed E-state index contributed by atoms with van der Waals surface area (Å²) < 4.78 is 7.03. The lowest BCUT2D eigenvalue weighted by Crippen LogP contribution is -1.97. The van der Waals surface area contributed by atoms with Crippen molar-refractivity contribution in [1.82, 2.24) is 33.6 Å². The molecule has 7 heteroatoms. The molecule has 5 heterocycles. The Kier molecular flexibility index (Phi) is 8.75. The zero-order valence-corrected chi connectivity index (χ0v) is 37.1. The highest BCUT2D eigenvalue weighted by molar-refractivity contribution is 6.13. The van der Waals surface area contributed by atoms with Crippen LogP contribution in [0, 0.1) is 0 Å². The van der Waals surface area contributed by atoms with Crippen molar-refractivity contribution in [2.45, 2.75) is 0 Å². The molecule has 0 amide bonds. The van der Waals surface area contributed by atoms with E-state index in [-0.39, 0.29) is 0 Å². The summed E-state index contributed by atoms with van der Waals surface area (Å²) in [5, 5.41) is 5.91. The van der Waals surface area contributed by atoms with Crippen LogP contribution in [0.25, 0.3) is 128 Å². The number of benzene rings is 9. The van der Waals surface area contributed by atoms with Gasteiger partial charge < -0.3 is 13.7 Å². The minimum atomic E-state index is 0.703. The maximum absolute atomic E-state index is 5.11. The Morgan fingerprint density at radius 3 is 1.52 bits per heavy atom. The van der Waals surface area contributed by atoms with Gasteiger partial charge in [0.25, 0.3) is 0 Å². The maximum Gasteiger partial charge on any atom is 0.160 e. The van der Waals surface area contributed by atoms with Crippen molar-refractivity contribution in [3.63, 3.8) is 0 Å². The van der Waals surface area contributed by atoms with Crippen LogP contribution in [-0.4, -0.2) is 33.6 Å². The van der Waals surface area contributed by atoms with E-state index in [9.17, 15) is 0 Å². The molecule has 322 valence electrons. The third-order valence-electron chi connectivity index (χ3n) is 13.6. The Balaban J connectivity index is 0.879. The van der Waals surface area contributed by atoms with Gasteiger partial charge in [0.2, 0.25) is 0 Å². The fourth-order valence-corrected chi connectivity index (χ4v) is 10.4. The highest BCUT2D eigenvalue weighted by Crippen LogP contribution is 2.40. The molecule has 0 aliphatic carbocycles. The van der Waals surface area contributed by atoms with E-state index < -0.39 is 0 Å². The Morgan fingerprint density at radius 2 is 0.783 bits per heavy atom. The van der Waals surface area contributed by atoms with Crippen LogP contribution in [0.1, 0.15) is 0 Å². The highest BCUT2D eigenvalue weighted by Gasteiger charge is 2.19. The van der Waals surface area contributed by atoms with Crippen molar-refractivity contribution < 1.29 is 0 Å². The molecule has 7 nitrogen and oxygen atoms in total. The maximum atomic E-state index is 5.11. The minimum Gasteiger partial charge on any atom is -0.309 e. The first kappa shape index (κ1) is 38.8. The average Bonchev–Trinajstić information content (AvgIpc) is 4.06. The average molecular weight is 882 g/mol. The molecule has 0 atom stereocenters. The molecule has 0 saturated carbocycles. The van der Waals surface area contributed by atoms with Crippen LogP contribution < -0.4 is 0 Å². The number of para-hydroxylation sites is 3. The van der Waals surface area contributed by atoms with Crippen LogP contribution in [0.5, 0.6) is 0 Å². The van der Waals surface area contributed by atoms with Crippen LogP contribution in [0.2, 0.25) is 0 Å². The molecule has 0 fully saturated rings. The van der Waals surface area contributed by atoms with Crippen molar-refractivity contribution in [1.29, 1.82) is 0 Å². The minimum absolute atomic E-state index is 0.703. The van der Waals surface area contributed by atoms with Crippen molar-refractivity contribution in [3.8, 4) is 62.1 Å². The number of nitrogens with zero attached hydrogens (tertiary/aromatic N) is 7. The number of fused-ring (bicyclic) bond motifs is 9. The molecule has 0 aliphatic rings. The third-order valence-corrected chi connectivity index (χ3v) is 13.6. The zero-order valence-electron chi connectivity index (χ0n) is 37.1. The topological polar surface area (TPSA) is 66.3 Å². The molecule has 0 unspecified atom stereocenters. The summed E-state index contributed by atoms with van der Waals surface area (Å²) in [7, 11) is 0. The summed E-state index contributed by atoms with van der Waals surface area (Å²) in [5.41, 5.74) is 18.0. The third kappa shape index (κ3) is 6.29. The van der Waals surface area contributed by atoms with Gasteiger partial charge in [-0.25, -0.2) is 19.9 Å². The largest absolute Gasteiger partial charge is 0.309 e. The molecule has 0 aliphatic heterocycles. The smallest absolute Gasteiger partial charge is 0.160 e. The Labute approximate surface area is 396 Å². The summed E-state index contributed by atoms with van der Waals surface area (Å²) in [6, 6.07) is 79.8. The van der Waals surface area contributed by atoms with Crippen molar-refractivity contribution in [2.24, 2.45) is 0 Å². The monoisotopic (exact) mass is 881 g/mol. The number of hydrogen-bond acceptors (Lipinski definition) is 4. The Bertz CT molecular complexity index is 4230. The van der Waals surface area contributed by atoms with E-state index in [0.717, 1.165) is 100 Å². The second kappa shape index (κ2) is 15.6. The van der Waals surface area contributed by atoms with E-state index in [2.05, 4.69) is 201 Å². The quantitative estimate of drug-likeness (QED) is 0.160. The number of aromatic nitrogens is 7. The Hall–Kier alpha value is -9.46. The fraction of sp³-hybridized carbons (Fsp3) is 0. The lowest BCUT2D eigenvalue weighted by Gasteiger charge is -2.12. The van der Waals surface area contributed by atoms with E-state index in [4.69, 9.17) is 15.0 Å². The molecule has 14 aromatic rings. The van der Waals surface area contributed by atoms with Crippen molar-refractivity contribution in [3.05, 3.63) is 237 Å². The predicted octanol–water partition coefficient (Wildman–Crippen LogP) is 15.2.